The fourth-order valence-corrected chi connectivity index (χ4v) is 1.08. The Morgan fingerprint density at radius 1 is 1.73 bits per heavy atom. The summed E-state index contributed by atoms with van der Waals surface area (Å²) in [6.07, 6.45) is 4.62. The standard InChI is InChI=1S/C10H9ClFNO2/c1-15-10(14)8-5-7(3-2-4-11)6-13-9(8)12/h2-3,5-6H,4H2,1H3. The van der Waals surface area contributed by atoms with Gasteiger partial charge in [0.25, 0.3) is 0 Å². The lowest BCUT2D eigenvalue weighted by molar-refractivity contribution is 0.0594. The first-order valence-electron chi connectivity index (χ1n) is 4.15. The summed E-state index contributed by atoms with van der Waals surface area (Å²) in [5, 5.41) is 0. The fourth-order valence-electron chi connectivity index (χ4n) is 0.989. The number of alkyl halides is 1. The minimum absolute atomic E-state index is 0.186. The van der Waals surface area contributed by atoms with E-state index in [2.05, 4.69) is 9.72 Å². The maximum atomic E-state index is 13.1. The molecule has 0 spiro atoms. The van der Waals surface area contributed by atoms with E-state index in [4.69, 9.17) is 11.6 Å². The Bertz CT molecular complexity index is 393. The number of hydrogen-bond donors (Lipinski definition) is 0. The summed E-state index contributed by atoms with van der Waals surface area (Å²) in [6.45, 7) is 0. The lowest BCUT2D eigenvalue weighted by atomic mass is 10.2. The van der Waals surface area contributed by atoms with E-state index in [1.54, 1.807) is 12.2 Å². The third-order valence-corrected chi connectivity index (χ3v) is 1.84. The number of hydrogen-bond acceptors (Lipinski definition) is 3. The number of ether oxygens (including phenoxy) is 1. The molecule has 0 aromatic carbocycles. The number of pyridine rings is 1. The Morgan fingerprint density at radius 2 is 2.47 bits per heavy atom. The Morgan fingerprint density at radius 3 is 3.07 bits per heavy atom. The van der Waals surface area contributed by atoms with E-state index in [0.29, 0.717) is 11.4 Å². The van der Waals surface area contributed by atoms with Crippen LogP contribution < -0.4 is 0 Å². The Balaban J connectivity index is 3.05. The molecule has 0 aliphatic heterocycles. The molecule has 1 heterocycles. The minimum Gasteiger partial charge on any atom is -0.465 e. The van der Waals surface area contributed by atoms with Gasteiger partial charge >= 0.3 is 5.97 Å². The molecule has 0 radical (unpaired) electrons. The average Bonchev–Trinajstić information content (AvgIpc) is 2.27. The van der Waals surface area contributed by atoms with E-state index in [1.165, 1.54) is 19.4 Å². The van der Waals surface area contributed by atoms with Gasteiger partial charge < -0.3 is 4.74 Å². The molecular formula is C10H9ClFNO2. The van der Waals surface area contributed by atoms with E-state index >= 15 is 0 Å². The molecule has 15 heavy (non-hydrogen) atoms. The number of aromatic nitrogens is 1. The van der Waals surface area contributed by atoms with Gasteiger partial charge in [0.1, 0.15) is 5.56 Å². The predicted molar refractivity (Wildman–Crippen MR) is 55.3 cm³/mol. The molecule has 1 rings (SSSR count). The molecule has 3 nitrogen and oxygen atoms in total. The van der Waals surface area contributed by atoms with Crippen molar-refractivity contribution >= 4 is 23.6 Å². The molecule has 1 aromatic heterocycles. The highest BCUT2D eigenvalue weighted by molar-refractivity contribution is 6.19. The van der Waals surface area contributed by atoms with Gasteiger partial charge in [0, 0.05) is 12.1 Å². The van der Waals surface area contributed by atoms with Crippen LogP contribution in [0, 0.1) is 5.95 Å². The van der Waals surface area contributed by atoms with Gasteiger partial charge in [-0.3, -0.25) is 0 Å². The summed E-state index contributed by atoms with van der Waals surface area (Å²) in [5.74, 6) is -1.25. The molecule has 5 heteroatoms. The highest BCUT2D eigenvalue weighted by Crippen LogP contribution is 2.10. The van der Waals surface area contributed by atoms with Gasteiger partial charge in [-0.05, 0) is 11.6 Å². The number of rotatable bonds is 3. The van der Waals surface area contributed by atoms with Crippen LogP contribution in [0.1, 0.15) is 15.9 Å². The fraction of sp³-hybridized carbons (Fsp3) is 0.200. The van der Waals surface area contributed by atoms with Crippen LogP contribution in [0.25, 0.3) is 6.08 Å². The van der Waals surface area contributed by atoms with Gasteiger partial charge in [-0.1, -0.05) is 12.2 Å². The molecule has 0 bridgehead atoms. The molecule has 80 valence electrons. The molecule has 1 aromatic rings. The molecule has 0 saturated heterocycles. The van der Waals surface area contributed by atoms with Crippen LogP contribution in [-0.2, 0) is 4.74 Å². The SMILES string of the molecule is COC(=O)c1cc(C=CCCl)cnc1F. The van der Waals surface area contributed by atoms with Crippen LogP contribution in [0.3, 0.4) is 0 Å². The van der Waals surface area contributed by atoms with Crippen LogP contribution in [0.4, 0.5) is 4.39 Å². The lowest BCUT2D eigenvalue weighted by Gasteiger charge is -2.01. The van der Waals surface area contributed by atoms with Crippen LogP contribution in [0.2, 0.25) is 0 Å². The topological polar surface area (TPSA) is 39.2 Å². The average molecular weight is 230 g/mol. The monoisotopic (exact) mass is 229 g/mol. The van der Waals surface area contributed by atoms with Gasteiger partial charge in [0.15, 0.2) is 0 Å². The zero-order valence-electron chi connectivity index (χ0n) is 8.04. The van der Waals surface area contributed by atoms with E-state index in [-0.39, 0.29) is 5.56 Å². The second-order valence-electron chi connectivity index (χ2n) is 2.66. The van der Waals surface area contributed by atoms with Crippen molar-refractivity contribution in [2.75, 3.05) is 13.0 Å². The van der Waals surface area contributed by atoms with Crippen molar-refractivity contribution in [3.8, 4) is 0 Å². The van der Waals surface area contributed by atoms with E-state index in [0.717, 1.165) is 0 Å². The summed E-state index contributed by atoms with van der Waals surface area (Å²) < 4.78 is 17.5. The molecular weight excluding hydrogens is 221 g/mol. The molecule has 0 unspecified atom stereocenters. The molecule has 0 saturated carbocycles. The summed E-state index contributed by atoms with van der Waals surface area (Å²) >= 11 is 5.44. The maximum Gasteiger partial charge on any atom is 0.342 e. The van der Waals surface area contributed by atoms with Crippen LogP contribution in [0.15, 0.2) is 18.3 Å². The number of esters is 1. The van der Waals surface area contributed by atoms with Crippen LogP contribution in [-0.4, -0.2) is 23.9 Å². The number of nitrogens with zero attached hydrogens (tertiary/aromatic N) is 1. The van der Waals surface area contributed by atoms with Gasteiger partial charge in [-0.25, -0.2) is 9.78 Å². The van der Waals surface area contributed by atoms with Crippen molar-refractivity contribution in [2.45, 2.75) is 0 Å². The van der Waals surface area contributed by atoms with Gasteiger partial charge in [-0.15, -0.1) is 11.6 Å². The molecule has 0 amide bonds. The van der Waals surface area contributed by atoms with E-state index < -0.39 is 11.9 Å². The third kappa shape index (κ3) is 3.02. The summed E-state index contributed by atoms with van der Waals surface area (Å²) in [7, 11) is 1.18. The van der Waals surface area contributed by atoms with Crippen molar-refractivity contribution in [1.82, 2.24) is 4.98 Å². The molecule has 0 N–H and O–H groups in total. The molecule has 0 fully saturated rings. The Hall–Kier alpha value is -1.42. The number of carbonyl (C=O) groups is 1. The molecule has 0 aliphatic carbocycles. The van der Waals surface area contributed by atoms with E-state index in [1.807, 2.05) is 0 Å². The predicted octanol–water partition coefficient (Wildman–Crippen LogP) is 2.26. The first kappa shape index (κ1) is 11.7. The van der Waals surface area contributed by atoms with Crippen molar-refractivity contribution < 1.29 is 13.9 Å². The van der Waals surface area contributed by atoms with Crippen molar-refractivity contribution in [1.29, 1.82) is 0 Å². The number of carbonyl (C=O) groups excluding carboxylic acids is 1. The number of allylic oxidation sites excluding steroid dienone is 1. The van der Waals surface area contributed by atoms with Crippen molar-refractivity contribution in [3.05, 3.63) is 35.4 Å². The number of halogens is 2. The van der Waals surface area contributed by atoms with Crippen LogP contribution in [0.5, 0.6) is 0 Å². The summed E-state index contributed by atoms with van der Waals surface area (Å²) in [4.78, 5) is 14.5. The molecule has 0 atom stereocenters. The lowest BCUT2D eigenvalue weighted by Crippen LogP contribution is -2.06. The first-order valence-corrected chi connectivity index (χ1v) is 4.69. The Labute approximate surface area is 91.5 Å². The maximum absolute atomic E-state index is 13.1. The highest BCUT2D eigenvalue weighted by Gasteiger charge is 2.13. The van der Waals surface area contributed by atoms with Gasteiger partial charge in [0.05, 0.1) is 7.11 Å². The van der Waals surface area contributed by atoms with Gasteiger partial charge in [-0.2, -0.15) is 4.39 Å². The molecule has 0 aliphatic rings. The van der Waals surface area contributed by atoms with Crippen molar-refractivity contribution in [3.63, 3.8) is 0 Å². The smallest absolute Gasteiger partial charge is 0.342 e. The van der Waals surface area contributed by atoms with Gasteiger partial charge in [0.2, 0.25) is 5.95 Å². The highest BCUT2D eigenvalue weighted by atomic mass is 35.5. The van der Waals surface area contributed by atoms with E-state index in [9.17, 15) is 9.18 Å². The van der Waals surface area contributed by atoms with Crippen LogP contribution >= 0.6 is 11.6 Å². The first-order chi connectivity index (χ1) is 7.19. The zero-order chi connectivity index (χ0) is 11.3. The third-order valence-electron chi connectivity index (χ3n) is 1.66. The normalized spacial score (nSPS) is 10.6. The van der Waals surface area contributed by atoms with Crippen molar-refractivity contribution in [2.24, 2.45) is 0 Å². The quantitative estimate of drug-likeness (QED) is 0.453. The zero-order valence-corrected chi connectivity index (χ0v) is 8.79. The summed E-state index contributed by atoms with van der Waals surface area (Å²) in [6, 6.07) is 1.36. The minimum atomic E-state index is -0.843. The summed E-state index contributed by atoms with van der Waals surface area (Å²) in [5.41, 5.74) is 0.409. The largest absolute Gasteiger partial charge is 0.465 e. The second kappa shape index (κ2) is 5.46. The second-order valence-corrected chi connectivity index (χ2v) is 2.96. The number of methoxy groups -OCH3 is 1. The Kier molecular flexibility index (Phi) is 4.24.